The molecule has 0 radical (unpaired) electrons. The third kappa shape index (κ3) is 4.37. The summed E-state index contributed by atoms with van der Waals surface area (Å²) in [4.78, 5) is 16.4. The van der Waals surface area contributed by atoms with Crippen LogP contribution in [0.15, 0.2) is 45.2 Å². The number of anilines is 1. The van der Waals surface area contributed by atoms with E-state index in [4.69, 9.17) is 0 Å². The summed E-state index contributed by atoms with van der Waals surface area (Å²) < 4.78 is 1.72. The molecule has 0 bridgehead atoms. The fourth-order valence-corrected chi connectivity index (χ4v) is 4.88. The molecule has 0 aliphatic rings. The van der Waals surface area contributed by atoms with Crippen molar-refractivity contribution in [2.45, 2.75) is 28.4 Å². The summed E-state index contributed by atoms with van der Waals surface area (Å²) in [5.74, 6) is -0.132. The summed E-state index contributed by atoms with van der Waals surface area (Å²) in [5, 5.41) is 12.9. The number of nitrogens with one attached hydrogen (secondary N) is 1. The normalized spacial score (nSPS) is 10.7. The van der Waals surface area contributed by atoms with Crippen LogP contribution < -0.4 is 5.32 Å². The number of amides is 1. The van der Waals surface area contributed by atoms with Gasteiger partial charge in [-0.15, -0.1) is 10.2 Å². The Bertz CT molecular complexity index is 785. The molecule has 1 N–H and O–H groups in total. The quantitative estimate of drug-likeness (QED) is 0.706. The highest BCUT2D eigenvalue weighted by Crippen LogP contribution is 2.35. The number of thiazole rings is 1. The molecular weight excluding hydrogens is 348 g/mol. The number of aryl methyl sites for hydroxylation is 1. The van der Waals surface area contributed by atoms with Gasteiger partial charge in [-0.2, -0.15) is 0 Å². The van der Waals surface area contributed by atoms with Crippen molar-refractivity contribution in [3.05, 3.63) is 47.1 Å². The van der Waals surface area contributed by atoms with Crippen LogP contribution in [0.3, 0.4) is 0 Å². The summed E-state index contributed by atoms with van der Waals surface area (Å²) in [6.07, 6.45) is 3.68. The summed E-state index contributed by atoms with van der Waals surface area (Å²) in [6, 6.07) is 9.12. The number of nitrogens with zero attached hydrogens (tertiary/aromatic N) is 3. The second-order valence-electron chi connectivity index (χ2n) is 4.62. The van der Waals surface area contributed by atoms with E-state index in [1.54, 1.807) is 29.7 Å². The molecule has 0 spiro atoms. The maximum absolute atomic E-state index is 12.1. The van der Waals surface area contributed by atoms with Gasteiger partial charge in [-0.05, 0) is 30.3 Å². The van der Waals surface area contributed by atoms with E-state index in [2.05, 4.69) is 27.4 Å². The Balaban J connectivity index is 1.62. The van der Waals surface area contributed by atoms with Crippen LogP contribution in [-0.2, 0) is 6.42 Å². The van der Waals surface area contributed by atoms with Gasteiger partial charge in [-0.1, -0.05) is 47.8 Å². The molecule has 1 aromatic carbocycles. The molecule has 0 saturated carbocycles. The fourth-order valence-electron chi connectivity index (χ4n) is 1.81. The molecule has 0 atom stereocenters. The molecule has 3 aromatic rings. The van der Waals surface area contributed by atoms with E-state index in [-0.39, 0.29) is 5.91 Å². The molecular formula is C15H14N4OS3. The lowest BCUT2D eigenvalue weighted by Gasteiger charge is -2.00. The van der Waals surface area contributed by atoms with Crippen molar-refractivity contribution in [3.63, 3.8) is 0 Å². The Morgan fingerprint density at radius 2 is 2.00 bits per heavy atom. The van der Waals surface area contributed by atoms with Crippen LogP contribution in [0.5, 0.6) is 0 Å². The number of benzene rings is 1. The maximum Gasteiger partial charge on any atom is 0.256 e. The fraction of sp³-hybridized carbons (Fsp3) is 0.200. The van der Waals surface area contributed by atoms with Gasteiger partial charge in [0.1, 0.15) is 10.0 Å². The molecule has 2 aromatic heterocycles. The second-order valence-corrected chi connectivity index (χ2v) is 8.21. The van der Waals surface area contributed by atoms with Crippen LogP contribution in [0.4, 0.5) is 5.00 Å². The van der Waals surface area contributed by atoms with Gasteiger partial charge in [0.05, 0.1) is 6.20 Å². The van der Waals surface area contributed by atoms with Crippen LogP contribution in [0.2, 0.25) is 0 Å². The number of aromatic nitrogens is 3. The first-order valence-corrected chi connectivity index (χ1v) is 9.52. The molecule has 23 heavy (non-hydrogen) atoms. The van der Waals surface area contributed by atoms with Crippen molar-refractivity contribution in [2.24, 2.45) is 0 Å². The minimum atomic E-state index is -0.132. The van der Waals surface area contributed by atoms with E-state index in [1.165, 1.54) is 23.1 Å². The zero-order valence-corrected chi connectivity index (χ0v) is 14.8. The molecule has 2 heterocycles. The van der Waals surface area contributed by atoms with Crippen molar-refractivity contribution in [1.82, 2.24) is 15.2 Å². The molecule has 1 amide bonds. The topological polar surface area (TPSA) is 67.8 Å². The van der Waals surface area contributed by atoms with E-state index < -0.39 is 0 Å². The lowest BCUT2D eigenvalue weighted by molar-refractivity contribution is 0.102. The number of hydrogen-bond acceptors (Lipinski definition) is 7. The molecule has 118 valence electrons. The SMILES string of the molecule is CCCc1nnc(Sc2ncc(NC(=O)c3ccccc3)s2)s1. The van der Waals surface area contributed by atoms with Crippen LogP contribution in [0.25, 0.3) is 0 Å². The van der Waals surface area contributed by atoms with Gasteiger partial charge < -0.3 is 5.32 Å². The second kappa shape index (κ2) is 7.67. The summed E-state index contributed by atoms with van der Waals surface area (Å²) in [5.41, 5.74) is 0.628. The molecule has 8 heteroatoms. The Morgan fingerprint density at radius 1 is 1.17 bits per heavy atom. The predicted molar refractivity (Wildman–Crippen MR) is 94.5 cm³/mol. The highest BCUT2D eigenvalue weighted by atomic mass is 32.2. The lowest BCUT2D eigenvalue weighted by Crippen LogP contribution is -2.10. The third-order valence-corrected chi connectivity index (χ3v) is 5.87. The van der Waals surface area contributed by atoms with Crippen molar-refractivity contribution in [3.8, 4) is 0 Å². The predicted octanol–water partition coefficient (Wildman–Crippen LogP) is 4.35. The molecule has 0 fully saturated rings. The van der Waals surface area contributed by atoms with E-state index in [0.717, 1.165) is 31.5 Å². The van der Waals surface area contributed by atoms with E-state index in [0.29, 0.717) is 5.56 Å². The zero-order chi connectivity index (χ0) is 16.1. The average Bonchev–Trinajstić information content (AvgIpc) is 3.19. The van der Waals surface area contributed by atoms with Gasteiger partial charge in [0, 0.05) is 12.0 Å². The lowest BCUT2D eigenvalue weighted by atomic mass is 10.2. The first-order chi connectivity index (χ1) is 11.2. The molecule has 0 unspecified atom stereocenters. The molecule has 0 saturated heterocycles. The number of hydrogen-bond donors (Lipinski definition) is 1. The average molecular weight is 363 g/mol. The first-order valence-electron chi connectivity index (χ1n) is 7.07. The molecule has 0 aliphatic heterocycles. The smallest absolute Gasteiger partial charge is 0.256 e. The van der Waals surface area contributed by atoms with Crippen LogP contribution in [0.1, 0.15) is 28.7 Å². The van der Waals surface area contributed by atoms with Crippen LogP contribution in [0, 0.1) is 0 Å². The highest BCUT2D eigenvalue weighted by Gasteiger charge is 2.11. The zero-order valence-electron chi connectivity index (χ0n) is 12.4. The van der Waals surface area contributed by atoms with Gasteiger partial charge in [0.25, 0.3) is 5.91 Å². The Hall–Kier alpha value is -1.77. The van der Waals surface area contributed by atoms with Gasteiger partial charge >= 0.3 is 0 Å². The third-order valence-electron chi connectivity index (χ3n) is 2.84. The molecule has 3 rings (SSSR count). The highest BCUT2D eigenvalue weighted by molar-refractivity contribution is 8.02. The summed E-state index contributed by atoms with van der Waals surface area (Å²) in [7, 11) is 0. The van der Waals surface area contributed by atoms with Crippen molar-refractivity contribution in [2.75, 3.05) is 5.32 Å². The number of carbonyl (C=O) groups excluding carboxylic acids is 1. The van der Waals surface area contributed by atoms with Crippen molar-refractivity contribution < 1.29 is 4.79 Å². The van der Waals surface area contributed by atoms with Gasteiger partial charge in [0.2, 0.25) is 0 Å². The van der Waals surface area contributed by atoms with E-state index in [9.17, 15) is 4.79 Å². The minimum Gasteiger partial charge on any atom is -0.312 e. The van der Waals surface area contributed by atoms with Crippen LogP contribution in [-0.4, -0.2) is 21.1 Å². The maximum atomic E-state index is 12.1. The monoisotopic (exact) mass is 362 g/mol. The van der Waals surface area contributed by atoms with E-state index >= 15 is 0 Å². The van der Waals surface area contributed by atoms with Crippen molar-refractivity contribution in [1.29, 1.82) is 0 Å². The van der Waals surface area contributed by atoms with Crippen molar-refractivity contribution >= 4 is 45.3 Å². The van der Waals surface area contributed by atoms with Gasteiger partial charge in [-0.25, -0.2) is 4.98 Å². The number of rotatable bonds is 6. The standard InChI is InChI=1S/C15H14N4OS3/c1-2-6-11-18-19-15(21-11)23-14-16-9-12(22-14)17-13(20)10-7-4-3-5-8-10/h3-5,7-9H,2,6H2,1H3,(H,17,20). The Kier molecular flexibility index (Phi) is 5.37. The Morgan fingerprint density at radius 3 is 2.78 bits per heavy atom. The largest absolute Gasteiger partial charge is 0.312 e. The Labute approximate surface area is 146 Å². The van der Waals surface area contributed by atoms with Crippen LogP contribution >= 0.6 is 34.4 Å². The number of carbonyl (C=O) groups is 1. The van der Waals surface area contributed by atoms with E-state index in [1.807, 2.05) is 18.2 Å². The first kappa shape index (κ1) is 16.1. The summed E-state index contributed by atoms with van der Waals surface area (Å²) >= 11 is 4.50. The van der Waals surface area contributed by atoms with Gasteiger partial charge in [-0.3, -0.25) is 4.79 Å². The molecule has 5 nitrogen and oxygen atoms in total. The summed E-state index contributed by atoms with van der Waals surface area (Å²) in [6.45, 7) is 2.12. The molecule has 0 aliphatic carbocycles. The van der Waals surface area contributed by atoms with Gasteiger partial charge in [0.15, 0.2) is 8.68 Å². The minimum absolute atomic E-state index is 0.132.